The van der Waals surface area contributed by atoms with Gasteiger partial charge in [-0.1, -0.05) is 12.1 Å². The Hall–Kier alpha value is -2.47. The Labute approximate surface area is 117 Å². The van der Waals surface area contributed by atoms with E-state index in [1.54, 1.807) is 29.8 Å². The van der Waals surface area contributed by atoms with Crippen LogP contribution in [0.3, 0.4) is 0 Å². The Morgan fingerprint density at radius 3 is 2.85 bits per heavy atom. The molecule has 1 aromatic carbocycles. The van der Waals surface area contributed by atoms with Crippen molar-refractivity contribution in [1.29, 1.82) is 0 Å². The number of carbonyl (C=O) groups is 1. The van der Waals surface area contributed by atoms with E-state index in [9.17, 15) is 9.18 Å². The van der Waals surface area contributed by atoms with Gasteiger partial charge < -0.3 is 10.1 Å². The fourth-order valence-corrected chi connectivity index (χ4v) is 2.69. The zero-order valence-corrected chi connectivity index (χ0v) is 10.9. The number of halogens is 1. The van der Waals surface area contributed by atoms with Gasteiger partial charge in [0.05, 0.1) is 5.69 Å². The lowest BCUT2D eigenvalue weighted by molar-refractivity contribution is 0.0691. The number of H-pyrrole nitrogens is 1. The fourth-order valence-electron chi connectivity index (χ4n) is 1.83. The summed E-state index contributed by atoms with van der Waals surface area (Å²) < 4.78 is 13.7. The van der Waals surface area contributed by atoms with E-state index in [1.807, 2.05) is 0 Å². The van der Waals surface area contributed by atoms with Gasteiger partial charge in [-0.25, -0.2) is 14.2 Å². The van der Waals surface area contributed by atoms with Crippen molar-refractivity contribution >= 4 is 17.3 Å². The molecule has 3 aromatic rings. The van der Waals surface area contributed by atoms with E-state index in [2.05, 4.69) is 9.97 Å². The quantitative estimate of drug-likeness (QED) is 0.773. The van der Waals surface area contributed by atoms with Crippen molar-refractivity contribution in [2.75, 3.05) is 0 Å². The first-order valence-corrected chi connectivity index (χ1v) is 6.65. The molecule has 0 aliphatic heterocycles. The Bertz CT molecular complexity index is 779. The van der Waals surface area contributed by atoms with E-state index in [4.69, 9.17) is 5.11 Å². The molecule has 3 rings (SSSR count). The fraction of sp³-hybridized carbons (Fsp3) is 0. The highest BCUT2D eigenvalue weighted by Gasteiger charge is 2.12. The largest absolute Gasteiger partial charge is 0.477 e. The van der Waals surface area contributed by atoms with Crippen LogP contribution in [0.25, 0.3) is 21.8 Å². The number of benzene rings is 1. The lowest BCUT2D eigenvalue weighted by Crippen LogP contribution is -1.94. The van der Waals surface area contributed by atoms with E-state index >= 15 is 0 Å². The Balaban J connectivity index is 1.98. The van der Waals surface area contributed by atoms with Crippen molar-refractivity contribution in [1.82, 2.24) is 9.97 Å². The van der Waals surface area contributed by atoms with Gasteiger partial charge in [0.2, 0.25) is 0 Å². The molecule has 0 saturated carbocycles. The highest BCUT2D eigenvalue weighted by atomic mass is 32.1. The van der Waals surface area contributed by atoms with Crippen LogP contribution in [-0.4, -0.2) is 21.0 Å². The first kappa shape index (κ1) is 12.6. The second-order valence-electron chi connectivity index (χ2n) is 4.12. The highest BCUT2D eigenvalue weighted by Crippen LogP contribution is 2.30. The molecule has 0 aliphatic carbocycles. The summed E-state index contributed by atoms with van der Waals surface area (Å²) in [6, 6.07) is 7.92. The summed E-state index contributed by atoms with van der Waals surface area (Å²) >= 11 is 1.32. The van der Waals surface area contributed by atoms with E-state index < -0.39 is 5.97 Å². The summed E-state index contributed by atoms with van der Waals surface area (Å²) in [5.41, 5.74) is 1.83. The summed E-state index contributed by atoms with van der Waals surface area (Å²) in [7, 11) is 0. The van der Waals surface area contributed by atoms with Gasteiger partial charge in [-0.2, -0.15) is 0 Å². The van der Waals surface area contributed by atoms with Crippen LogP contribution in [0.5, 0.6) is 0 Å². The first-order valence-electron chi connectivity index (χ1n) is 5.77. The molecule has 0 bridgehead atoms. The molecule has 6 heteroatoms. The van der Waals surface area contributed by atoms with Crippen LogP contribution in [0.2, 0.25) is 0 Å². The Morgan fingerprint density at radius 2 is 2.15 bits per heavy atom. The van der Waals surface area contributed by atoms with Crippen molar-refractivity contribution in [3.8, 4) is 21.8 Å². The molecule has 0 spiro atoms. The van der Waals surface area contributed by atoms with E-state index in [-0.39, 0.29) is 11.5 Å². The van der Waals surface area contributed by atoms with Gasteiger partial charge in [-0.3, -0.25) is 0 Å². The van der Waals surface area contributed by atoms with Gasteiger partial charge in [0.15, 0.2) is 0 Å². The standard InChI is InChI=1S/C14H9FN2O2S/c15-10-4-2-1-3-9(10)13-17-12(7-20-13)8-5-11(14(18)19)16-6-8/h1-7,16H,(H,18,19). The maximum Gasteiger partial charge on any atom is 0.352 e. The zero-order valence-electron chi connectivity index (χ0n) is 10.1. The molecule has 4 nitrogen and oxygen atoms in total. The van der Waals surface area contributed by atoms with Gasteiger partial charge in [-0.05, 0) is 18.2 Å². The monoisotopic (exact) mass is 288 g/mol. The summed E-state index contributed by atoms with van der Waals surface area (Å²) in [6.07, 6.45) is 1.57. The number of nitrogens with zero attached hydrogens (tertiary/aromatic N) is 1. The number of carboxylic acid groups (broad SMARTS) is 1. The van der Waals surface area contributed by atoms with Gasteiger partial charge in [0.25, 0.3) is 0 Å². The average Bonchev–Trinajstić information content (AvgIpc) is 3.08. The van der Waals surface area contributed by atoms with Gasteiger partial charge in [0.1, 0.15) is 16.5 Å². The van der Waals surface area contributed by atoms with Crippen molar-refractivity contribution in [2.24, 2.45) is 0 Å². The predicted molar refractivity (Wildman–Crippen MR) is 74.3 cm³/mol. The number of rotatable bonds is 3. The first-order chi connectivity index (χ1) is 9.65. The molecular formula is C14H9FN2O2S. The number of aromatic amines is 1. The highest BCUT2D eigenvalue weighted by molar-refractivity contribution is 7.13. The van der Waals surface area contributed by atoms with Crippen LogP contribution in [0.4, 0.5) is 4.39 Å². The second-order valence-corrected chi connectivity index (χ2v) is 4.98. The predicted octanol–water partition coefficient (Wildman–Crippen LogP) is 3.64. The molecule has 2 N–H and O–H groups in total. The van der Waals surface area contributed by atoms with E-state index in [1.165, 1.54) is 23.5 Å². The van der Waals surface area contributed by atoms with Crippen molar-refractivity contribution in [3.05, 3.63) is 53.4 Å². The lowest BCUT2D eigenvalue weighted by Gasteiger charge is -1.97. The molecule has 0 aliphatic rings. The van der Waals surface area contributed by atoms with Crippen LogP contribution in [0.15, 0.2) is 41.9 Å². The topological polar surface area (TPSA) is 66.0 Å². The maximum absolute atomic E-state index is 13.7. The third-order valence-corrected chi connectivity index (χ3v) is 3.69. The number of hydrogen-bond donors (Lipinski definition) is 2. The number of thiazole rings is 1. The minimum absolute atomic E-state index is 0.0976. The Morgan fingerprint density at radius 1 is 1.35 bits per heavy atom. The zero-order chi connectivity index (χ0) is 14.1. The number of aromatic nitrogens is 2. The van der Waals surface area contributed by atoms with Gasteiger partial charge >= 0.3 is 5.97 Å². The minimum Gasteiger partial charge on any atom is -0.477 e. The Kier molecular flexibility index (Phi) is 3.08. The van der Waals surface area contributed by atoms with Crippen LogP contribution in [0, 0.1) is 5.82 Å². The summed E-state index contributed by atoms with van der Waals surface area (Å²) in [5, 5.41) is 11.2. The molecule has 0 fully saturated rings. The lowest BCUT2D eigenvalue weighted by atomic mass is 10.2. The van der Waals surface area contributed by atoms with Crippen LogP contribution in [0.1, 0.15) is 10.5 Å². The number of aromatic carboxylic acids is 1. The summed E-state index contributed by atoms with van der Waals surface area (Å²) in [6.45, 7) is 0. The molecule has 100 valence electrons. The summed E-state index contributed by atoms with van der Waals surface area (Å²) in [4.78, 5) is 17.8. The number of nitrogens with one attached hydrogen (secondary N) is 1. The van der Waals surface area contributed by atoms with Gasteiger partial charge in [0, 0.05) is 22.7 Å². The van der Waals surface area contributed by atoms with Crippen LogP contribution >= 0.6 is 11.3 Å². The molecule has 0 radical (unpaired) electrons. The molecule has 2 aromatic heterocycles. The molecule has 2 heterocycles. The average molecular weight is 288 g/mol. The van der Waals surface area contributed by atoms with Gasteiger partial charge in [-0.15, -0.1) is 11.3 Å². The third kappa shape index (κ3) is 2.21. The molecule has 0 saturated heterocycles. The minimum atomic E-state index is -1.03. The smallest absolute Gasteiger partial charge is 0.352 e. The number of hydrogen-bond acceptors (Lipinski definition) is 3. The molecule has 0 unspecified atom stereocenters. The molecule has 20 heavy (non-hydrogen) atoms. The molecule has 0 atom stereocenters. The second kappa shape index (κ2) is 4.90. The van der Waals surface area contributed by atoms with Crippen LogP contribution in [-0.2, 0) is 0 Å². The normalized spacial score (nSPS) is 10.7. The molecular weight excluding hydrogens is 279 g/mol. The van der Waals surface area contributed by atoms with Crippen molar-refractivity contribution in [3.63, 3.8) is 0 Å². The van der Waals surface area contributed by atoms with E-state index in [0.29, 0.717) is 21.8 Å². The van der Waals surface area contributed by atoms with E-state index in [0.717, 1.165) is 0 Å². The third-order valence-electron chi connectivity index (χ3n) is 2.82. The maximum atomic E-state index is 13.7. The van der Waals surface area contributed by atoms with Crippen LogP contribution < -0.4 is 0 Å². The van der Waals surface area contributed by atoms with Crippen molar-refractivity contribution in [2.45, 2.75) is 0 Å². The summed E-state index contributed by atoms with van der Waals surface area (Å²) in [5.74, 6) is -1.35. The molecule has 0 amide bonds. The van der Waals surface area contributed by atoms with Crippen molar-refractivity contribution < 1.29 is 14.3 Å². The SMILES string of the molecule is O=C(O)c1cc(-c2csc(-c3ccccc3F)n2)c[nH]1. The number of carboxylic acids is 1.